The van der Waals surface area contributed by atoms with Gasteiger partial charge in [-0.3, -0.25) is 4.79 Å². The lowest BCUT2D eigenvalue weighted by Gasteiger charge is -2.17. The van der Waals surface area contributed by atoms with Gasteiger partial charge in [0.1, 0.15) is 5.82 Å². The highest BCUT2D eigenvalue weighted by Crippen LogP contribution is 2.29. The number of likely N-dealkylation sites (tertiary alicyclic amines) is 1. The van der Waals surface area contributed by atoms with Crippen LogP contribution in [0.1, 0.15) is 28.8 Å². The third-order valence-corrected chi connectivity index (χ3v) is 4.58. The van der Waals surface area contributed by atoms with Crippen molar-refractivity contribution >= 4 is 17.5 Å². The number of hydrogen-bond acceptors (Lipinski definition) is 2. The maximum Gasteiger partial charge on any atom is 0.253 e. The second-order valence-corrected chi connectivity index (χ2v) is 6.34. The predicted octanol–water partition coefficient (Wildman–Crippen LogP) is 4.53. The molecule has 0 N–H and O–H groups in total. The SMILES string of the molecule is COCc1cc(C(=O)N2CCCC2)ccc1-c1ccc(Cl)c(F)c1. The summed E-state index contributed by atoms with van der Waals surface area (Å²) < 4.78 is 19.0. The van der Waals surface area contributed by atoms with Gasteiger partial charge in [-0.2, -0.15) is 0 Å². The van der Waals surface area contributed by atoms with E-state index in [-0.39, 0.29) is 10.9 Å². The van der Waals surface area contributed by atoms with E-state index in [1.165, 1.54) is 12.1 Å². The van der Waals surface area contributed by atoms with Gasteiger partial charge in [-0.15, -0.1) is 0 Å². The number of ether oxygens (including phenoxy) is 1. The van der Waals surface area contributed by atoms with Gasteiger partial charge in [0.2, 0.25) is 0 Å². The number of methoxy groups -OCH3 is 1. The summed E-state index contributed by atoms with van der Waals surface area (Å²) >= 11 is 5.76. The lowest BCUT2D eigenvalue weighted by Crippen LogP contribution is -2.27. The molecule has 1 heterocycles. The Bertz CT molecular complexity index is 757. The maximum atomic E-state index is 13.8. The van der Waals surface area contributed by atoms with E-state index < -0.39 is 5.82 Å². The topological polar surface area (TPSA) is 29.5 Å². The zero-order valence-corrected chi connectivity index (χ0v) is 14.3. The van der Waals surface area contributed by atoms with Crippen LogP contribution in [0.25, 0.3) is 11.1 Å². The largest absolute Gasteiger partial charge is 0.380 e. The Morgan fingerprint density at radius 1 is 1.21 bits per heavy atom. The van der Waals surface area contributed by atoms with Crippen LogP contribution in [0.3, 0.4) is 0 Å². The molecule has 3 rings (SSSR count). The minimum atomic E-state index is -0.463. The van der Waals surface area contributed by atoms with Gasteiger partial charge in [-0.25, -0.2) is 4.39 Å². The summed E-state index contributed by atoms with van der Waals surface area (Å²) in [4.78, 5) is 14.4. The third kappa shape index (κ3) is 3.45. The van der Waals surface area contributed by atoms with Gasteiger partial charge < -0.3 is 9.64 Å². The second kappa shape index (κ2) is 7.32. The van der Waals surface area contributed by atoms with Gasteiger partial charge in [-0.1, -0.05) is 23.7 Å². The fraction of sp³-hybridized carbons (Fsp3) is 0.316. The first-order valence-corrected chi connectivity index (χ1v) is 8.34. The minimum absolute atomic E-state index is 0.0405. The molecule has 1 aliphatic heterocycles. The Labute approximate surface area is 146 Å². The molecule has 0 bridgehead atoms. The molecule has 1 aliphatic rings. The predicted molar refractivity (Wildman–Crippen MR) is 92.7 cm³/mol. The highest BCUT2D eigenvalue weighted by Gasteiger charge is 2.20. The van der Waals surface area contributed by atoms with E-state index in [1.54, 1.807) is 19.2 Å². The number of rotatable bonds is 4. The van der Waals surface area contributed by atoms with Crippen LogP contribution in [0.2, 0.25) is 5.02 Å². The standard InChI is InChI=1S/C19H19ClFNO2/c1-24-12-15-10-14(19(23)22-8-2-3-9-22)4-6-16(15)13-5-7-17(20)18(21)11-13/h4-7,10-11H,2-3,8-9,12H2,1H3. The average molecular weight is 348 g/mol. The molecule has 5 heteroatoms. The minimum Gasteiger partial charge on any atom is -0.380 e. The maximum absolute atomic E-state index is 13.8. The highest BCUT2D eigenvalue weighted by atomic mass is 35.5. The van der Waals surface area contributed by atoms with Crippen LogP contribution in [0, 0.1) is 5.82 Å². The van der Waals surface area contributed by atoms with Crippen molar-refractivity contribution in [2.75, 3.05) is 20.2 Å². The van der Waals surface area contributed by atoms with Crippen LogP contribution in [-0.2, 0) is 11.3 Å². The van der Waals surface area contributed by atoms with Crippen LogP contribution in [0.4, 0.5) is 4.39 Å². The molecule has 0 saturated carbocycles. The highest BCUT2D eigenvalue weighted by molar-refractivity contribution is 6.30. The third-order valence-electron chi connectivity index (χ3n) is 4.28. The first-order valence-electron chi connectivity index (χ1n) is 7.96. The average Bonchev–Trinajstić information content (AvgIpc) is 3.11. The van der Waals surface area contributed by atoms with E-state index in [9.17, 15) is 9.18 Å². The van der Waals surface area contributed by atoms with Crippen molar-refractivity contribution in [3.8, 4) is 11.1 Å². The fourth-order valence-electron chi connectivity index (χ4n) is 3.05. The normalized spacial score (nSPS) is 14.2. The zero-order chi connectivity index (χ0) is 17.1. The molecule has 2 aromatic carbocycles. The van der Waals surface area contributed by atoms with E-state index in [1.807, 2.05) is 17.0 Å². The zero-order valence-electron chi connectivity index (χ0n) is 13.5. The van der Waals surface area contributed by atoms with Gasteiger partial charge in [0.15, 0.2) is 0 Å². The second-order valence-electron chi connectivity index (χ2n) is 5.93. The van der Waals surface area contributed by atoms with Gasteiger partial charge in [-0.05, 0) is 53.8 Å². The summed E-state index contributed by atoms with van der Waals surface area (Å²) in [5.74, 6) is -0.423. The Balaban J connectivity index is 1.97. The molecule has 1 saturated heterocycles. The van der Waals surface area contributed by atoms with Crippen molar-refractivity contribution in [1.29, 1.82) is 0 Å². The molecule has 0 atom stereocenters. The molecule has 2 aromatic rings. The molecule has 3 nitrogen and oxygen atoms in total. The Hall–Kier alpha value is -1.91. The molecule has 1 amide bonds. The molecule has 0 aliphatic carbocycles. The molecule has 126 valence electrons. The van der Waals surface area contributed by atoms with Crippen molar-refractivity contribution < 1.29 is 13.9 Å². The van der Waals surface area contributed by atoms with Crippen molar-refractivity contribution in [2.24, 2.45) is 0 Å². The summed E-state index contributed by atoms with van der Waals surface area (Å²) in [5.41, 5.74) is 3.04. The van der Waals surface area contributed by atoms with Crippen LogP contribution >= 0.6 is 11.6 Å². The monoisotopic (exact) mass is 347 g/mol. The Morgan fingerprint density at radius 2 is 1.96 bits per heavy atom. The van der Waals surface area contributed by atoms with Gasteiger partial charge in [0, 0.05) is 25.8 Å². The van der Waals surface area contributed by atoms with Crippen molar-refractivity contribution in [1.82, 2.24) is 4.90 Å². The summed E-state index contributed by atoms with van der Waals surface area (Å²) in [6.45, 7) is 1.96. The molecular formula is C19H19ClFNO2. The summed E-state index contributed by atoms with van der Waals surface area (Å²) in [6.07, 6.45) is 2.11. The summed E-state index contributed by atoms with van der Waals surface area (Å²) in [5, 5.41) is 0.0906. The number of halogens is 2. The van der Waals surface area contributed by atoms with Gasteiger partial charge >= 0.3 is 0 Å². The molecular weight excluding hydrogens is 329 g/mol. The molecule has 1 fully saturated rings. The van der Waals surface area contributed by atoms with Gasteiger partial charge in [0.05, 0.1) is 11.6 Å². The Kier molecular flexibility index (Phi) is 5.17. The first kappa shape index (κ1) is 16.9. The first-order chi connectivity index (χ1) is 11.6. The number of nitrogens with zero attached hydrogens (tertiary/aromatic N) is 1. The van der Waals surface area contributed by atoms with E-state index in [0.717, 1.165) is 37.1 Å². The molecule has 0 unspecified atom stereocenters. The van der Waals surface area contributed by atoms with E-state index >= 15 is 0 Å². The van der Waals surface area contributed by atoms with Crippen molar-refractivity contribution in [3.05, 3.63) is 58.4 Å². The van der Waals surface area contributed by atoms with Crippen LogP contribution in [0.15, 0.2) is 36.4 Å². The molecule has 24 heavy (non-hydrogen) atoms. The van der Waals surface area contributed by atoms with Crippen LogP contribution < -0.4 is 0 Å². The fourth-order valence-corrected chi connectivity index (χ4v) is 3.17. The van der Waals surface area contributed by atoms with Crippen LogP contribution in [0.5, 0.6) is 0 Å². The number of benzene rings is 2. The number of hydrogen-bond donors (Lipinski definition) is 0. The van der Waals surface area contributed by atoms with Crippen molar-refractivity contribution in [3.63, 3.8) is 0 Å². The van der Waals surface area contributed by atoms with E-state index in [2.05, 4.69) is 0 Å². The molecule has 0 spiro atoms. The van der Waals surface area contributed by atoms with Crippen LogP contribution in [-0.4, -0.2) is 31.0 Å². The smallest absolute Gasteiger partial charge is 0.253 e. The van der Waals surface area contributed by atoms with E-state index in [0.29, 0.717) is 17.7 Å². The summed E-state index contributed by atoms with van der Waals surface area (Å²) in [6, 6.07) is 10.2. The quantitative estimate of drug-likeness (QED) is 0.813. The summed E-state index contributed by atoms with van der Waals surface area (Å²) in [7, 11) is 1.60. The van der Waals surface area contributed by atoms with Gasteiger partial charge in [0.25, 0.3) is 5.91 Å². The van der Waals surface area contributed by atoms with Crippen molar-refractivity contribution in [2.45, 2.75) is 19.4 Å². The lowest BCUT2D eigenvalue weighted by molar-refractivity contribution is 0.0792. The Morgan fingerprint density at radius 3 is 2.62 bits per heavy atom. The number of carbonyl (C=O) groups is 1. The molecule has 0 radical (unpaired) electrons. The number of carbonyl (C=O) groups excluding carboxylic acids is 1. The lowest BCUT2D eigenvalue weighted by atomic mass is 9.97. The van der Waals surface area contributed by atoms with E-state index in [4.69, 9.17) is 16.3 Å². The number of amides is 1. The molecule has 0 aromatic heterocycles.